The van der Waals surface area contributed by atoms with E-state index in [1.165, 1.54) is 44.4 Å². The summed E-state index contributed by atoms with van der Waals surface area (Å²) in [6.07, 6.45) is -0.390. The predicted molar refractivity (Wildman–Crippen MR) is 138 cm³/mol. The van der Waals surface area contributed by atoms with E-state index in [2.05, 4.69) is 10.3 Å². The van der Waals surface area contributed by atoms with Crippen molar-refractivity contribution in [2.24, 2.45) is 0 Å². The Morgan fingerprint density at radius 2 is 1.71 bits per heavy atom. The van der Waals surface area contributed by atoms with Crippen molar-refractivity contribution in [3.05, 3.63) is 88.5 Å². The maximum absolute atomic E-state index is 15.3. The molecule has 0 saturated heterocycles. The number of imidazole rings is 1. The molecule has 0 radical (unpaired) electrons. The van der Waals surface area contributed by atoms with Crippen LogP contribution in [0.25, 0.3) is 22.5 Å². The number of carbonyl (C=O) groups is 1. The second-order valence-corrected chi connectivity index (χ2v) is 9.15. The van der Waals surface area contributed by atoms with E-state index in [4.69, 9.17) is 4.74 Å². The van der Waals surface area contributed by atoms with Crippen LogP contribution >= 0.6 is 0 Å². The van der Waals surface area contributed by atoms with E-state index in [0.29, 0.717) is 16.0 Å². The fourth-order valence-corrected chi connectivity index (χ4v) is 4.57. The fraction of sp³-hybridized carbons (Fsp3) is 0.241. The topological polar surface area (TPSA) is 78.2 Å². The van der Waals surface area contributed by atoms with Gasteiger partial charge in [-0.1, -0.05) is 37.3 Å². The van der Waals surface area contributed by atoms with Gasteiger partial charge in [0.2, 0.25) is 0 Å². The number of anilines is 1. The van der Waals surface area contributed by atoms with Gasteiger partial charge in [0.05, 0.1) is 7.11 Å². The van der Waals surface area contributed by atoms with E-state index < -0.39 is 24.1 Å². The Morgan fingerprint density at radius 1 is 1.05 bits per heavy atom. The van der Waals surface area contributed by atoms with Crippen LogP contribution < -0.4 is 14.8 Å². The second-order valence-electron chi connectivity index (χ2n) is 9.15. The molecular formula is C29H29F3N3O3+. The van der Waals surface area contributed by atoms with Crippen molar-refractivity contribution in [1.82, 2.24) is 4.98 Å². The minimum atomic E-state index is -3.05. The van der Waals surface area contributed by atoms with Gasteiger partial charge in [-0.25, -0.2) is 18.2 Å². The smallest absolute Gasteiger partial charge is 0.330 e. The SMILES string of the molecule is CCC(F)(F)c1cccc(NC(=O)c2c(C)[nH]c(-c3cc(-c4c(C)cccc4C)c(OC)cc3F)[n+]2O)c1. The third-order valence-electron chi connectivity index (χ3n) is 6.58. The highest BCUT2D eigenvalue weighted by molar-refractivity contribution is 6.02. The number of aromatic nitrogens is 2. The predicted octanol–water partition coefficient (Wildman–Crippen LogP) is 6.70. The molecular weight excluding hydrogens is 495 g/mol. The molecule has 1 heterocycles. The molecule has 0 fully saturated rings. The molecule has 0 saturated carbocycles. The van der Waals surface area contributed by atoms with Crippen molar-refractivity contribution in [2.45, 2.75) is 40.0 Å². The first-order chi connectivity index (χ1) is 18.0. The molecule has 0 unspecified atom stereocenters. The first-order valence-corrected chi connectivity index (χ1v) is 12.1. The summed E-state index contributed by atoms with van der Waals surface area (Å²) in [4.78, 5) is 16.0. The zero-order valence-corrected chi connectivity index (χ0v) is 21.7. The number of nitrogens with one attached hydrogen (secondary N) is 2. The number of halogens is 3. The lowest BCUT2D eigenvalue weighted by molar-refractivity contribution is -0.896. The van der Waals surface area contributed by atoms with Crippen LogP contribution in [0.2, 0.25) is 0 Å². The van der Waals surface area contributed by atoms with E-state index in [0.717, 1.165) is 16.7 Å². The van der Waals surface area contributed by atoms with Gasteiger partial charge in [-0.15, -0.1) is 0 Å². The number of amides is 1. The number of carbonyl (C=O) groups excluding carboxylic acids is 1. The van der Waals surface area contributed by atoms with Crippen LogP contribution in [0.5, 0.6) is 5.75 Å². The van der Waals surface area contributed by atoms with Crippen LogP contribution in [0, 0.1) is 26.6 Å². The Morgan fingerprint density at radius 3 is 2.34 bits per heavy atom. The molecule has 0 bridgehead atoms. The highest BCUT2D eigenvalue weighted by Crippen LogP contribution is 2.38. The van der Waals surface area contributed by atoms with Gasteiger partial charge >= 0.3 is 11.7 Å². The van der Waals surface area contributed by atoms with Gasteiger partial charge in [0.25, 0.3) is 11.6 Å². The molecule has 198 valence electrons. The molecule has 0 atom stereocenters. The van der Waals surface area contributed by atoms with Crippen LogP contribution in [0.4, 0.5) is 18.9 Å². The summed E-state index contributed by atoms with van der Waals surface area (Å²) in [5.74, 6) is -4.23. The fourth-order valence-electron chi connectivity index (χ4n) is 4.57. The molecule has 4 rings (SSSR count). The number of rotatable bonds is 7. The number of aryl methyl sites for hydroxylation is 3. The lowest BCUT2D eigenvalue weighted by Gasteiger charge is -2.15. The normalized spacial score (nSPS) is 11.5. The number of H-pyrrole nitrogens is 1. The molecule has 38 heavy (non-hydrogen) atoms. The number of ether oxygens (including phenoxy) is 1. The monoisotopic (exact) mass is 524 g/mol. The Labute approximate surface area is 218 Å². The van der Waals surface area contributed by atoms with Crippen molar-refractivity contribution in [3.63, 3.8) is 0 Å². The van der Waals surface area contributed by atoms with Gasteiger partial charge in [0, 0.05) is 36.2 Å². The Bertz CT molecular complexity index is 1510. The van der Waals surface area contributed by atoms with Crippen LogP contribution in [-0.2, 0) is 5.92 Å². The average molecular weight is 525 g/mol. The summed E-state index contributed by atoms with van der Waals surface area (Å²) in [6, 6.07) is 13.9. The number of aromatic amines is 1. The van der Waals surface area contributed by atoms with Crippen molar-refractivity contribution < 1.29 is 32.6 Å². The van der Waals surface area contributed by atoms with E-state index in [-0.39, 0.29) is 34.0 Å². The Balaban J connectivity index is 1.76. The molecule has 0 spiro atoms. The number of hydrogen-bond acceptors (Lipinski definition) is 3. The lowest BCUT2D eigenvalue weighted by atomic mass is 9.93. The minimum Gasteiger partial charge on any atom is -0.496 e. The molecule has 0 aliphatic carbocycles. The van der Waals surface area contributed by atoms with Gasteiger partial charge in [-0.3, -0.25) is 4.79 Å². The molecule has 1 aromatic heterocycles. The van der Waals surface area contributed by atoms with Gasteiger partial charge in [0.1, 0.15) is 17.1 Å². The molecule has 0 aliphatic rings. The summed E-state index contributed by atoms with van der Waals surface area (Å²) in [5, 5.41) is 13.5. The summed E-state index contributed by atoms with van der Waals surface area (Å²) in [6.45, 7) is 6.78. The summed E-state index contributed by atoms with van der Waals surface area (Å²) in [7, 11) is 1.45. The van der Waals surface area contributed by atoms with Gasteiger partial charge < -0.3 is 15.3 Å². The highest BCUT2D eigenvalue weighted by atomic mass is 19.3. The lowest BCUT2D eigenvalue weighted by Crippen LogP contribution is -2.39. The van der Waals surface area contributed by atoms with E-state index in [1.807, 2.05) is 32.0 Å². The summed E-state index contributed by atoms with van der Waals surface area (Å²) in [5.41, 5.74) is 3.35. The van der Waals surface area contributed by atoms with Gasteiger partial charge in [-0.05, 0) is 53.5 Å². The molecule has 9 heteroatoms. The van der Waals surface area contributed by atoms with Crippen LogP contribution in [-0.4, -0.2) is 23.2 Å². The van der Waals surface area contributed by atoms with Crippen molar-refractivity contribution in [1.29, 1.82) is 0 Å². The van der Waals surface area contributed by atoms with Crippen LogP contribution in [0.3, 0.4) is 0 Å². The van der Waals surface area contributed by atoms with Crippen molar-refractivity contribution >= 4 is 11.6 Å². The first kappa shape index (κ1) is 26.8. The number of alkyl halides is 2. The molecule has 4 aromatic rings. The average Bonchev–Trinajstić information content (AvgIpc) is 3.17. The number of benzene rings is 3. The third kappa shape index (κ3) is 4.83. The van der Waals surface area contributed by atoms with Crippen LogP contribution in [0.1, 0.15) is 46.2 Å². The first-order valence-electron chi connectivity index (χ1n) is 12.1. The summed E-state index contributed by atoms with van der Waals surface area (Å²) >= 11 is 0. The van der Waals surface area contributed by atoms with Gasteiger partial charge in [-0.2, -0.15) is 0 Å². The van der Waals surface area contributed by atoms with E-state index >= 15 is 4.39 Å². The quantitative estimate of drug-likeness (QED) is 0.186. The minimum absolute atomic E-state index is 0.0117. The molecule has 1 amide bonds. The Hall–Kier alpha value is -4.27. The Kier molecular flexibility index (Phi) is 7.22. The highest BCUT2D eigenvalue weighted by Gasteiger charge is 2.33. The molecule has 3 N–H and O–H groups in total. The van der Waals surface area contributed by atoms with Crippen LogP contribution in [0.15, 0.2) is 54.6 Å². The zero-order valence-electron chi connectivity index (χ0n) is 21.7. The molecule has 6 nitrogen and oxygen atoms in total. The van der Waals surface area contributed by atoms with Crippen molar-refractivity contribution in [2.75, 3.05) is 12.4 Å². The molecule has 0 aliphatic heterocycles. The third-order valence-corrected chi connectivity index (χ3v) is 6.58. The number of hydrogen-bond donors (Lipinski definition) is 3. The number of methoxy groups -OCH3 is 1. The van der Waals surface area contributed by atoms with Crippen molar-refractivity contribution in [3.8, 4) is 28.3 Å². The second kappa shape index (κ2) is 10.2. The molecule has 3 aromatic carbocycles. The standard InChI is InChI=1S/C29H28F3N3O3/c1-6-29(31,32)19-11-8-12-20(13-19)34-28(36)26-18(4)33-27(35(26)37)21-14-22(24(38-5)15-23(21)30)25-16(2)9-7-10-17(25)3/h7-15,37H,6H2,1-5H3,(H,34,36)/p+1. The van der Waals surface area contributed by atoms with Gasteiger partial charge in [0.15, 0.2) is 5.69 Å². The van der Waals surface area contributed by atoms with E-state index in [9.17, 15) is 18.8 Å². The zero-order chi connectivity index (χ0) is 27.8. The number of nitrogens with zero attached hydrogens (tertiary/aromatic N) is 1. The largest absolute Gasteiger partial charge is 0.496 e. The maximum atomic E-state index is 15.3. The summed E-state index contributed by atoms with van der Waals surface area (Å²) < 4.78 is 49.6. The van der Waals surface area contributed by atoms with E-state index in [1.54, 1.807) is 13.0 Å². The maximum Gasteiger partial charge on any atom is 0.330 e.